The molecule has 1 aliphatic rings. The van der Waals surface area contributed by atoms with E-state index in [1.807, 2.05) is 12.1 Å². The Morgan fingerprint density at radius 2 is 2.10 bits per heavy atom. The Morgan fingerprint density at radius 3 is 2.85 bits per heavy atom. The lowest BCUT2D eigenvalue weighted by Crippen LogP contribution is -2.47. The highest BCUT2D eigenvalue weighted by molar-refractivity contribution is 7.11. The van der Waals surface area contributed by atoms with Crippen molar-refractivity contribution in [3.63, 3.8) is 0 Å². The summed E-state index contributed by atoms with van der Waals surface area (Å²) in [6.07, 6.45) is 0.769. The molecule has 1 aromatic heterocycles. The molecule has 1 aromatic carbocycles. The molecule has 2 aromatic rings. The Hall–Kier alpha value is -1.65. The molecular formula is C16H18N2OS. The lowest BCUT2D eigenvalue weighted by Gasteiger charge is -2.25. The molecule has 0 unspecified atom stereocenters. The largest absolute Gasteiger partial charge is 0.350 e. The fourth-order valence-electron chi connectivity index (χ4n) is 2.52. The second-order valence-electron chi connectivity index (χ2n) is 5.14. The van der Waals surface area contributed by atoms with Gasteiger partial charge in [0.15, 0.2) is 0 Å². The zero-order valence-corrected chi connectivity index (χ0v) is 12.3. The number of aryl methyl sites for hydroxylation is 1. The molecule has 20 heavy (non-hydrogen) atoms. The minimum Gasteiger partial charge on any atom is -0.350 e. The Kier molecular flexibility index (Phi) is 3.85. The third kappa shape index (κ3) is 2.92. The quantitative estimate of drug-likeness (QED) is 0.909. The van der Waals surface area contributed by atoms with Gasteiger partial charge >= 0.3 is 0 Å². The van der Waals surface area contributed by atoms with Crippen molar-refractivity contribution in [3.8, 4) is 0 Å². The van der Waals surface area contributed by atoms with E-state index in [0.29, 0.717) is 6.54 Å². The number of hydrogen-bond acceptors (Lipinski definition) is 3. The van der Waals surface area contributed by atoms with Crippen LogP contribution in [0.4, 0.5) is 0 Å². The molecule has 3 rings (SSSR count). The number of carbonyl (C=O) groups excluding carboxylic acids is 1. The fraction of sp³-hybridized carbons (Fsp3) is 0.312. The maximum atomic E-state index is 12.2. The molecule has 0 spiro atoms. The van der Waals surface area contributed by atoms with E-state index in [2.05, 4.69) is 41.8 Å². The summed E-state index contributed by atoms with van der Waals surface area (Å²) in [7, 11) is 0. The van der Waals surface area contributed by atoms with Gasteiger partial charge in [-0.2, -0.15) is 0 Å². The molecule has 4 heteroatoms. The van der Waals surface area contributed by atoms with Crippen molar-refractivity contribution in [1.82, 2.24) is 10.6 Å². The standard InChI is InChI=1S/C16H18N2OS/c1-11-6-7-14(20-11)10-18-16(19)15-8-12-4-2-3-5-13(12)9-17-15/h2-7,15,17H,8-10H2,1H3,(H,18,19)/t15-/m1/s1. The molecule has 0 aliphatic carbocycles. The van der Waals surface area contributed by atoms with Gasteiger partial charge in [0.2, 0.25) is 5.91 Å². The van der Waals surface area contributed by atoms with E-state index in [0.717, 1.165) is 13.0 Å². The third-order valence-electron chi connectivity index (χ3n) is 3.63. The second kappa shape index (κ2) is 5.77. The van der Waals surface area contributed by atoms with Gasteiger partial charge < -0.3 is 10.6 Å². The maximum Gasteiger partial charge on any atom is 0.237 e. The van der Waals surface area contributed by atoms with E-state index in [4.69, 9.17) is 0 Å². The zero-order chi connectivity index (χ0) is 13.9. The Labute approximate surface area is 123 Å². The van der Waals surface area contributed by atoms with Crippen LogP contribution in [0.2, 0.25) is 0 Å². The highest BCUT2D eigenvalue weighted by atomic mass is 32.1. The summed E-state index contributed by atoms with van der Waals surface area (Å²) in [5.41, 5.74) is 2.57. The molecule has 0 radical (unpaired) electrons. The predicted molar refractivity (Wildman–Crippen MR) is 81.7 cm³/mol. The monoisotopic (exact) mass is 286 g/mol. The molecule has 1 amide bonds. The van der Waals surface area contributed by atoms with Crippen molar-refractivity contribution < 1.29 is 4.79 Å². The Balaban J connectivity index is 1.59. The van der Waals surface area contributed by atoms with Crippen molar-refractivity contribution in [2.75, 3.05) is 0 Å². The Morgan fingerprint density at radius 1 is 1.30 bits per heavy atom. The van der Waals surface area contributed by atoms with Crippen LogP contribution in [-0.2, 0) is 24.3 Å². The number of thiophene rings is 1. The van der Waals surface area contributed by atoms with Crippen molar-refractivity contribution in [1.29, 1.82) is 0 Å². The summed E-state index contributed by atoms with van der Waals surface area (Å²) in [6.45, 7) is 3.47. The number of nitrogens with one attached hydrogen (secondary N) is 2. The van der Waals surface area contributed by atoms with Crippen LogP contribution in [0.3, 0.4) is 0 Å². The van der Waals surface area contributed by atoms with Crippen LogP contribution in [-0.4, -0.2) is 11.9 Å². The number of carbonyl (C=O) groups is 1. The number of hydrogen-bond donors (Lipinski definition) is 2. The minimum absolute atomic E-state index is 0.0885. The molecule has 0 bridgehead atoms. The highest BCUT2D eigenvalue weighted by Gasteiger charge is 2.23. The highest BCUT2D eigenvalue weighted by Crippen LogP contribution is 2.17. The molecular weight excluding hydrogens is 268 g/mol. The van der Waals surface area contributed by atoms with Crippen molar-refractivity contribution in [3.05, 3.63) is 57.3 Å². The first kappa shape index (κ1) is 13.3. The van der Waals surface area contributed by atoms with E-state index in [9.17, 15) is 4.79 Å². The minimum atomic E-state index is -0.119. The first-order valence-corrected chi connectivity index (χ1v) is 7.67. The van der Waals surface area contributed by atoms with E-state index in [-0.39, 0.29) is 11.9 Å². The molecule has 2 N–H and O–H groups in total. The molecule has 2 heterocycles. The third-order valence-corrected chi connectivity index (χ3v) is 4.63. The first-order valence-electron chi connectivity index (χ1n) is 6.85. The second-order valence-corrected chi connectivity index (χ2v) is 6.51. The molecule has 0 saturated carbocycles. The number of benzene rings is 1. The van der Waals surface area contributed by atoms with Crippen LogP contribution in [0.1, 0.15) is 20.9 Å². The fourth-order valence-corrected chi connectivity index (χ4v) is 3.35. The average Bonchev–Trinajstić information content (AvgIpc) is 2.90. The van der Waals surface area contributed by atoms with Gasteiger partial charge in [0.25, 0.3) is 0 Å². The van der Waals surface area contributed by atoms with Gasteiger partial charge in [-0.25, -0.2) is 0 Å². The zero-order valence-electron chi connectivity index (χ0n) is 11.5. The van der Waals surface area contributed by atoms with Gasteiger partial charge in [-0.1, -0.05) is 24.3 Å². The lowest BCUT2D eigenvalue weighted by molar-refractivity contribution is -0.123. The van der Waals surface area contributed by atoms with Crippen molar-refractivity contribution in [2.45, 2.75) is 32.5 Å². The molecule has 104 valence electrons. The normalized spacial score (nSPS) is 17.6. The number of fused-ring (bicyclic) bond motifs is 1. The lowest BCUT2D eigenvalue weighted by atomic mass is 9.95. The van der Waals surface area contributed by atoms with Crippen molar-refractivity contribution >= 4 is 17.2 Å². The predicted octanol–water partition coefficient (Wildman–Crippen LogP) is 2.39. The van der Waals surface area contributed by atoms with Crippen LogP contribution in [0.5, 0.6) is 0 Å². The topological polar surface area (TPSA) is 41.1 Å². The molecule has 1 atom stereocenters. The van der Waals surface area contributed by atoms with Crippen LogP contribution in [0, 0.1) is 6.92 Å². The molecule has 3 nitrogen and oxygen atoms in total. The van der Waals surface area contributed by atoms with Gasteiger partial charge in [0.1, 0.15) is 0 Å². The van der Waals surface area contributed by atoms with E-state index >= 15 is 0 Å². The van der Waals surface area contributed by atoms with Gasteiger partial charge in [0.05, 0.1) is 12.6 Å². The molecule has 0 fully saturated rings. The van der Waals surface area contributed by atoms with Crippen LogP contribution >= 0.6 is 11.3 Å². The maximum absolute atomic E-state index is 12.2. The summed E-state index contributed by atoms with van der Waals surface area (Å²) in [6, 6.07) is 12.3. The van der Waals surface area contributed by atoms with E-state index in [1.54, 1.807) is 11.3 Å². The van der Waals surface area contributed by atoms with Crippen LogP contribution < -0.4 is 10.6 Å². The van der Waals surface area contributed by atoms with Crippen LogP contribution in [0.15, 0.2) is 36.4 Å². The average molecular weight is 286 g/mol. The molecule has 1 aliphatic heterocycles. The molecule has 0 saturated heterocycles. The van der Waals surface area contributed by atoms with Gasteiger partial charge in [0, 0.05) is 16.3 Å². The van der Waals surface area contributed by atoms with Crippen molar-refractivity contribution in [2.24, 2.45) is 0 Å². The van der Waals surface area contributed by atoms with Crippen LogP contribution in [0.25, 0.3) is 0 Å². The number of amides is 1. The van der Waals surface area contributed by atoms with Gasteiger partial charge in [-0.15, -0.1) is 11.3 Å². The summed E-state index contributed by atoms with van der Waals surface area (Å²) in [4.78, 5) is 14.7. The van der Waals surface area contributed by atoms with Gasteiger partial charge in [-0.3, -0.25) is 4.79 Å². The van der Waals surface area contributed by atoms with E-state index < -0.39 is 0 Å². The van der Waals surface area contributed by atoms with E-state index in [1.165, 1.54) is 20.9 Å². The first-order chi connectivity index (χ1) is 9.72. The summed E-state index contributed by atoms with van der Waals surface area (Å²) < 4.78 is 0. The summed E-state index contributed by atoms with van der Waals surface area (Å²) in [5, 5.41) is 6.33. The summed E-state index contributed by atoms with van der Waals surface area (Å²) >= 11 is 1.73. The number of rotatable bonds is 3. The Bertz CT molecular complexity index is 620. The summed E-state index contributed by atoms with van der Waals surface area (Å²) in [5.74, 6) is 0.0885. The smallest absolute Gasteiger partial charge is 0.237 e. The van der Waals surface area contributed by atoms with Gasteiger partial charge in [-0.05, 0) is 36.6 Å². The SMILES string of the molecule is Cc1ccc(CNC(=O)[C@H]2Cc3ccccc3CN2)s1.